The lowest BCUT2D eigenvalue weighted by molar-refractivity contribution is 0.0223. The summed E-state index contributed by atoms with van der Waals surface area (Å²) in [5.74, 6) is 0. The number of hydrogen-bond donors (Lipinski definition) is 2. The maximum absolute atomic E-state index is 12.5. The van der Waals surface area contributed by atoms with Gasteiger partial charge in [-0.3, -0.25) is 0 Å². The number of H-pyrrole nitrogens is 1. The number of fused-ring (bicyclic) bond motifs is 3. The molecule has 5 rings (SSSR count). The molecule has 2 aliphatic rings. The summed E-state index contributed by atoms with van der Waals surface area (Å²) in [6.45, 7) is 7.41. The molecule has 1 aliphatic heterocycles. The Labute approximate surface area is 188 Å². The van der Waals surface area contributed by atoms with Gasteiger partial charge in [0.15, 0.2) is 0 Å². The average molecular weight is 439 g/mol. The number of amides is 1. The Morgan fingerprint density at radius 1 is 1.22 bits per heavy atom. The molecule has 3 aromatic heterocycles. The van der Waals surface area contributed by atoms with Gasteiger partial charge >= 0.3 is 6.09 Å². The fourth-order valence-corrected chi connectivity index (χ4v) is 5.28. The first kappa shape index (κ1) is 21.2. The minimum atomic E-state index is -0.449. The smallest absolute Gasteiger partial charge is 0.410 e. The Morgan fingerprint density at radius 3 is 2.81 bits per heavy atom. The Bertz CT molecular complexity index is 1090. The first-order valence-electron chi connectivity index (χ1n) is 11.9. The summed E-state index contributed by atoms with van der Waals surface area (Å²) in [6, 6.07) is 3.28. The first-order chi connectivity index (χ1) is 15.4. The van der Waals surface area contributed by atoms with E-state index in [4.69, 9.17) is 4.74 Å². The van der Waals surface area contributed by atoms with Gasteiger partial charge in [-0.2, -0.15) is 0 Å². The van der Waals surface area contributed by atoms with Crippen molar-refractivity contribution in [1.82, 2.24) is 29.7 Å². The van der Waals surface area contributed by atoms with Gasteiger partial charge in [0.05, 0.1) is 18.0 Å². The van der Waals surface area contributed by atoms with Gasteiger partial charge in [-0.1, -0.05) is 0 Å². The molecule has 1 atom stereocenters. The molecule has 0 spiro atoms. The van der Waals surface area contributed by atoms with E-state index in [1.54, 1.807) is 0 Å². The fraction of sp³-hybridized carbons (Fsp3) is 0.625. The highest BCUT2D eigenvalue weighted by Crippen LogP contribution is 2.33. The Morgan fingerprint density at radius 2 is 2.03 bits per heavy atom. The first-order valence-corrected chi connectivity index (χ1v) is 11.9. The number of likely N-dealkylation sites (tertiary alicyclic amines) is 1. The molecule has 1 saturated heterocycles. The van der Waals surface area contributed by atoms with Gasteiger partial charge in [-0.05, 0) is 65.4 Å². The molecule has 32 heavy (non-hydrogen) atoms. The van der Waals surface area contributed by atoms with Crippen molar-refractivity contribution in [2.45, 2.75) is 83.0 Å². The lowest BCUT2D eigenvalue weighted by Gasteiger charge is -2.33. The van der Waals surface area contributed by atoms with Crippen molar-refractivity contribution in [3.63, 3.8) is 0 Å². The zero-order valence-corrected chi connectivity index (χ0v) is 19.3. The minimum absolute atomic E-state index is 0.178. The number of ether oxygens (including phenoxy) is 1. The van der Waals surface area contributed by atoms with Gasteiger partial charge in [0, 0.05) is 42.8 Å². The van der Waals surface area contributed by atoms with E-state index in [0.717, 1.165) is 68.2 Å². The molecule has 8 heteroatoms. The summed E-state index contributed by atoms with van der Waals surface area (Å²) in [4.78, 5) is 26.7. The third-order valence-electron chi connectivity index (χ3n) is 6.86. The van der Waals surface area contributed by atoms with E-state index in [2.05, 4.69) is 30.9 Å². The highest BCUT2D eigenvalue weighted by Gasteiger charge is 2.33. The summed E-state index contributed by atoms with van der Waals surface area (Å²) >= 11 is 0. The van der Waals surface area contributed by atoms with Crippen LogP contribution in [-0.2, 0) is 4.74 Å². The molecule has 172 valence electrons. The second kappa shape index (κ2) is 8.39. The number of aromatic nitrogens is 4. The Hall–Kier alpha value is -2.61. The molecule has 0 radical (unpaired) electrons. The Kier molecular flexibility index (Phi) is 5.57. The van der Waals surface area contributed by atoms with Crippen LogP contribution in [0.2, 0.25) is 0 Å². The summed E-state index contributed by atoms with van der Waals surface area (Å²) < 4.78 is 7.95. The summed E-state index contributed by atoms with van der Waals surface area (Å²) in [5, 5.41) is 4.89. The van der Waals surface area contributed by atoms with Crippen LogP contribution < -0.4 is 5.32 Å². The third kappa shape index (κ3) is 4.20. The van der Waals surface area contributed by atoms with Gasteiger partial charge in [0.1, 0.15) is 16.8 Å². The molecule has 3 aromatic rings. The predicted octanol–water partition coefficient (Wildman–Crippen LogP) is 4.39. The third-order valence-corrected chi connectivity index (χ3v) is 6.86. The second-order valence-corrected chi connectivity index (χ2v) is 10.3. The van der Waals surface area contributed by atoms with Crippen LogP contribution in [0.1, 0.15) is 65.3 Å². The normalized spacial score (nSPS) is 24.5. The van der Waals surface area contributed by atoms with Gasteiger partial charge in [0.25, 0.3) is 0 Å². The maximum Gasteiger partial charge on any atom is 0.410 e. The second-order valence-electron chi connectivity index (χ2n) is 10.3. The average Bonchev–Trinajstić information content (AvgIpc) is 3.49. The quantitative estimate of drug-likeness (QED) is 0.631. The largest absolute Gasteiger partial charge is 0.444 e. The number of nitrogens with zero attached hydrogens (tertiary/aromatic N) is 4. The standard InChI is InChI=1S/C24H34N6O2/c1-24(2,3)32-23(31)29-12-4-5-18(29)13-26-16-6-8-17(9-7-16)30-15-28-20-14-27-22-19(21(20)30)10-11-25-22/h10-11,14-18,26H,4-9,12-13H2,1-3H3,(H,25,27). The SMILES string of the molecule is CC(C)(C)OC(=O)N1CCCC1CNC1CCC(n2cnc3cnc4[nH]ccc4c32)CC1. The van der Waals surface area contributed by atoms with E-state index < -0.39 is 5.60 Å². The summed E-state index contributed by atoms with van der Waals surface area (Å²) in [7, 11) is 0. The molecule has 0 aromatic carbocycles. The van der Waals surface area contributed by atoms with Crippen molar-refractivity contribution in [2.24, 2.45) is 0 Å². The number of rotatable bonds is 4. The van der Waals surface area contributed by atoms with Gasteiger partial charge in [-0.15, -0.1) is 0 Å². The van der Waals surface area contributed by atoms with Crippen molar-refractivity contribution >= 4 is 28.2 Å². The van der Waals surface area contributed by atoms with Crippen LogP contribution in [0.4, 0.5) is 4.79 Å². The van der Waals surface area contributed by atoms with Crippen LogP contribution in [0.15, 0.2) is 24.8 Å². The molecule has 1 amide bonds. The van der Waals surface area contributed by atoms with Crippen molar-refractivity contribution in [1.29, 1.82) is 0 Å². The van der Waals surface area contributed by atoms with Crippen molar-refractivity contribution in [3.05, 3.63) is 24.8 Å². The molecule has 4 heterocycles. The van der Waals surface area contributed by atoms with Crippen LogP contribution in [0, 0.1) is 0 Å². The molecule has 1 unspecified atom stereocenters. The molecular formula is C24H34N6O2. The topological polar surface area (TPSA) is 88.1 Å². The lowest BCUT2D eigenvalue weighted by atomic mass is 9.90. The number of carbonyl (C=O) groups excluding carboxylic acids is 1. The lowest BCUT2D eigenvalue weighted by Crippen LogP contribution is -2.46. The molecular weight excluding hydrogens is 404 g/mol. The summed E-state index contributed by atoms with van der Waals surface area (Å²) in [5.41, 5.74) is 2.61. The highest BCUT2D eigenvalue weighted by molar-refractivity contribution is 6.00. The zero-order valence-electron chi connectivity index (χ0n) is 19.3. The van der Waals surface area contributed by atoms with Crippen LogP contribution in [0.3, 0.4) is 0 Å². The van der Waals surface area contributed by atoms with E-state index in [1.807, 2.05) is 44.4 Å². The van der Waals surface area contributed by atoms with E-state index in [0.29, 0.717) is 12.1 Å². The molecule has 0 bridgehead atoms. The van der Waals surface area contributed by atoms with Crippen LogP contribution in [0.5, 0.6) is 0 Å². The fourth-order valence-electron chi connectivity index (χ4n) is 5.28. The van der Waals surface area contributed by atoms with Gasteiger partial charge < -0.3 is 24.5 Å². The minimum Gasteiger partial charge on any atom is -0.444 e. The number of nitrogens with one attached hydrogen (secondary N) is 2. The van der Waals surface area contributed by atoms with E-state index in [-0.39, 0.29) is 12.1 Å². The zero-order chi connectivity index (χ0) is 22.3. The Balaban J connectivity index is 1.18. The molecule has 2 N–H and O–H groups in total. The van der Waals surface area contributed by atoms with Crippen molar-refractivity contribution in [2.75, 3.05) is 13.1 Å². The van der Waals surface area contributed by atoms with Crippen LogP contribution >= 0.6 is 0 Å². The monoisotopic (exact) mass is 438 g/mol. The van der Waals surface area contributed by atoms with Crippen LogP contribution in [-0.4, -0.2) is 61.3 Å². The van der Waals surface area contributed by atoms with Gasteiger partial charge in [0.2, 0.25) is 0 Å². The molecule has 8 nitrogen and oxygen atoms in total. The molecule has 2 fully saturated rings. The van der Waals surface area contributed by atoms with E-state index in [1.165, 1.54) is 5.52 Å². The number of pyridine rings is 1. The highest BCUT2D eigenvalue weighted by atomic mass is 16.6. The number of imidazole rings is 1. The molecule has 1 aliphatic carbocycles. The maximum atomic E-state index is 12.5. The van der Waals surface area contributed by atoms with Crippen molar-refractivity contribution in [3.8, 4) is 0 Å². The number of carbonyl (C=O) groups is 1. The number of hydrogen-bond acceptors (Lipinski definition) is 5. The van der Waals surface area contributed by atoms with Crippen molar-refractivity contribution < 1.29 is 9.53 Å². The van der Waals surface area contributed by atoms with E-state index in [9.17, 15) is 4.79 Å². The predicted molar refractivity (Wildman–Crippen MR) is 125 cm³/mol. The summed E-state index contributed by atoms with van der Waals surface area (Å²) in [6.07, 6.45) is 12.2. The molecule has 1 saturated carbocycles. The number of aromatic amines is 1. The van der Waals surface area contributed by atoms with Gasteiger partial charge in [-0.25, -0.2) is 14.8 Å². The van der Waals surface area contributed by atoms with E-state index >= 15 is 0 Å². The van der Waals surface area contributed by atoms with Crippen LogP contribution in [0.25, 0.3) is 22.1 Å².